The van der Waals surface area contributed by atoms with Crippen LogP contribution in [0.3, 0.4) is 0 Å². The molecule has 1 unspecified atom stereocenters. The van der Waals surface area contributed by atoms with Crippen LogP contribution in [-0.2, 0) is 12.8 Å². The molecule has 0 spiro atoms. The van der Waals surface area contributed by atoms with Crippen molar-refractivity contribution < 1.29 is 0 Å². The van der Waals surface area contributed by atoms with Crippen LogP contribution in [0.2, 0.25) is 0 Å². The largest absolute Gasteiger partial charge is 0.371 e. The Morgan fingerprint density at radius 3 is 2.81 bits per heavy atom. The summed E-state index contributed by atoms with van der Waals surface area (Å²) in [7, 11) is 2.01. The van der Waals surface area contributed by atoms with Gasteiger partial charge in [-0.2, -0.15) is 0 Å². The van der Waals surface area contributed by atoms with Crippen LogP contribution in [-0.4, -0.2) is 25.1 Å². The van der Waals surface area contributed by atoms with Gasteiger partial charge in [-0.25, -0.2) is 0 Å². The van der Waals surface area contributed by atoms with Crippen molar-refractivity contribution in [2.75, 3.05) is 25.0 Å². The van der Waals surface area contributed by atoms with Gasteiger partial charge in [0.1, 0.15) is 0 Å². The number of pyridine rings is 1. The van der Waals surface area contributed by atoms with Crippen LogP contribution in [0.1, 0.15) is 29.7 Å². The molecular formula is C18H23N3. The van der Waals surface area contributed by atoms with E-state index in [0.717, 1.165) is 25.9 Å². The van der Waals surface area contributed by atoms with Gasteiger partial charge in [-0.1, -0.05) is 12.1 Å². The Hall–Kier alpha value is -1.87. The molecule has 1 N–H and O–H groups in total. The van der Waals surface area contributed by atoms with Crippen molar-refractivity contribution in [1.29, 1.82) is 0 Å². The maximum Gasteiger partial charge on any atom is 0.0399 e. The molecule has 3 heteroatoms. The molecule has 0 radical (unpaired) electrons. The Bertz CT molecular complexity index is 595. The molecule has 1 aromatic heterocycles. The highest BCUT2D eigenvalue weighted by atomic mass is 15.1. The average Bonchev–Trinajstić information content (AvgIpc) is 2.95. The van der Waals surface area contributed by atoms with Gasteiger partial charge in [-0.3, -0.25) is 4.98 Å². The normalized spacial score (nSPS) is 15.0. The lowest BCUT2D eigenvalue weighted by Crippen LogP contribution is -2.23. The molecule has 21 heavy (non-hydrogen) atoms. The molecule has 2 heterocycles. The molecule has 1 aliphatic heterocycles. The van der Waals surface area contributed by atoms with E-state index in [9.17, 15) is 0 Å². The summed E-state index contributed by atoms with van der Waals surface area (Å²) in [6.45, 7) is 4.42. The number of nitrogens with zero attached hydrogens (tertiary/aromatic N) is 2. The Balaban J connectivity index is 1.69. The molecule has 1 aromatic carbocycles. The minimum Gasteiger partial charge on any atom is -0.371 e. The molecule has 1 aliphatic rings. The van der Waals surface area contributed by atoms with E-state index in [0.29, 0.717) is 6.04 Å². The van der Waals surface area contributed by atoms with Crippen LogP contribution in [0.15, 0.2) is 42.7 Å². The van der Waals surface area contributed by atoms with Crippen molar-refractivity contribution in [2.24, 2.45) is 0 Å². The predicted molar refractivity (Wildman–Crippen MR) is 87.8 cm³/mol. The molecule has 0 saturated heterocycles. The van der Waals surface area contributed by atoms with Gasteiger partial charge in [-0.05, 0) is 61.7 Å². The second-order valence-electron chi connectivity index (χ2n) is 5.74. The first-order chi connectivity index (χ1) is 10.3. The van der Waals surface area contributed by atoms with E-state index in [4.69, 9.17) is 0 Å². The summed E-state index contributed by atoms with van der Waals surface area (Å²) in [6, 6.07) is 11.5. The third-order valence-corrected chi connectivity index (χ3v) is 4.45. The van der Waals surface area contributed by atoms with E-state index >= 15 is 0 Å². The minimum atomic E-state index is 0.418. The van der Waals surface area contributed by atoms with Crippen molar-refractivity contribution in [3.8, 4) is 0 Å². The van der Waals surface area contributed by atoms with Gasteiger partial charge in [0, 0.05) is 37.2 Å². The van der Waals surface area contributed by atoms with Crippen molar-refractivity contribution in [2.45, 2.75) is 25.8 Å². The van der Waals surface area contributed by atoms with Crippen LogP contribution in [0, 0.1) is 0 Å². The van der Waals surface area contributed by atoms with E-state index in [-0.39, 0.29) is 0 Å². The number of anilines is 1. The molecular weight excluding hydrogens is 258 g/mol. The molecule has 110 valence electrons. The van der Waals surface area contributed by atoms with Gasteiger partial charge in [0.2, 0.25) is 0 Å². The zero-order chi connectivity index (χ0) is 14.7. The first kappa shape index (κ1) is 14.1. The molecule has 0 fully saturated rings. The Labute approximate surface area is 127 Å². The number of hydrogen-bond donors (Lipinski definition) is 1. The van der Waals surface area contributed by atoms with Gasteiger partial charge in [0.25, 0.3) is 0 Å². The molecule has 0 amide bonds. The summed E-state index contributed by atoms with van der Waals surface area (Å²) in [5, 5.41) is 3.31. The average molecular weight is 281 g/mol. The van der Waals surface area contributed by atoms with Crippen molar-refractivity contribution in [3.63, 3.8) is 0 Å². The zero-order valence-electron chi connectivity index (χ0n) is 12.8. The smallest absolute Gasteiger partial charge is 0.0399 e. The highest BCUT2D eigenvalue weighted by molar-refractivity contribution is 5.59. The van der Waals surface area contributed by atoms with E-state index in [1.54, 1.807) is 0 Å². The quantitative estimate of drug-likeness (QED) is 0.913. The molecule has 2 aromatic rings. The molecule has 3 rings (SSSR count). The first-order valence-electron chi connectivity index (χ1n) is 7.72. The fourth-order valence-corrected chi connectivity index (χ4v) is 2.97. The maximum atomic E-state index is 4.08. The monoisotopic (exact) mass is 281 g/mol. The highest BCUT2D eigenvalue weighted by Crippen LogP contribution is 2.30. The number of benzene rings is 1. The second-order valence-corrected chi connectivity index (χ2v) is 5.74. The maximum absolute atomic E-state index is 4.08. The lowest BCUT2D eigenvalue weighted by Gasteiger charge is -2.20. The summed E-state index contributed by atoms with van der Waals surface area (Å²) in [5.74, 6) is 0. The van der Waals surface area contributed by atoms with Crippen LogP contribution in [0.4, 0.5) is 5.69 Å². The summed E-state index contributed by atoms with van der Waals surface area (Å²) in [4.78, 5) is 6.58. The predicted octanol–water partition coefficient (Wildman–Crippen LogP) is 2.97. The Morgan fingerprint density at radius 2 is 2.05 bits per heavy atom. The lowest BCUT2D eigenvalue weighted by molar-refractivity contribution is 0.652. The van der Waals surface area contributed by atoms with E-state index < -0.39 is 0 Å². The molecule has 0 bridgehead atoms. The fourth-order valence-electron chi connectivity index (χ4n) is 2.97. The van der Waals surface area contributed by atoms with E-state index in [1.807, 2.05) is 19.4 Å². The molecule has 1 atom stereocenters. The first-order valence-corrected chi connectivity index (χ1v) is 7.72. The summed E-state index contributed by atoms with van der Waals surface area (Å²) in [5.41, 5.74) is 5.64. The third-order valence-electron chi connectivity index (χ3n) is 4.45. The summed E-state index contributed by atoms with van der Waals surface area (Å²) >= 11 is 0. The third kappa shape index (κ3) is 3.08. The fraction of sp³-hybridized carbons (Fsp3) is 0.389. The van der Waals surface area contributed by atoms with Crippen LogP contribution in [0.5, 0.6) is 0 Å². The number of rotatable bonds is 5. The van der Waals surface area contributed by atoms with Gasteiger partial charge in [0.15, 0.2) is 0 Å². The van der Waals surface area contributed by atoms with Gasteiger partial charge in [0.05, 0.1) is 0 Å². The topological polar surface area (TPSA) is 28.2 Å². The standard InChI is InChI=1S/C18H23N3/c1-14(19-2)16-3-4-18-17(13-16)8-12-21(18)11-7-15-5-9-20-10-6-15/h3-6,9-10,13-14,19H,7-8,11-12H2,1-2H3. The summed E-state index contributed by atoms with van der Waals surface area (Å²) < 4.78 is 0. The van der Waals surface area contributed by atoms with E-state index in [1.165, 1.54) is 22.4 Å². The number of aromatic nitrogens is 1. The van der Waals surface area contributed by atoms with Crippen LogP contribution >= 0.6 is 0 Å². The minimum absolute atomic E-state index is 0.418. The summed E-state index contributed by atoms with van der Waals surface area (Å²) in [6.07, 6.45) is 5.99. The Kier molecular flexibility index (Phi) is 4.20. The van der Waals surface area contributed by atoms with Crippen LogP contribution in [0.25, 0.3) is 0 Å². The van der Waals surface area contributed by atoms with Gasteiger partial charge >= 0.3 is 0 Å². The van der Waals surface area contributed by atoms with Crippen molar-refractivity contribution >= 4 is 5.69 Å². The zero-order valence-corrected chi connectivity index (χ0v) is 12.8. The van der Waals surface area contributed by atoms with Gasteiger partial charge < -0.3 is 10.2 Å². The number of hydrogen-bond acceptors (Lipinski definition) is 3. The Morgan fingerprint density at radius 1 is 1.24 bits per heavy atom. The molecule has 3 nitrogen and oxygen atoms in total. The number of fused-ring (bicyclic) bond motifs is 1. The van der Waals surface area contributed by atoms with Crippen molar-refractivity contribution in [3.05, 3.63) is 59.4 Å². The highest BCUT2D eigenvalue weighted by Gasteiger charge is 2.19. The molecule has 0 saturated carbocycles. The van der Waals surface area contributed by atoms with E-state index in [2.05, 4.69) is 52.5 Å². The second kappa shape index (κ2) is 6.27. The number of nitrogens with one attached hydrogen (secondary N) is 1. The van der Waals surface area contributed by atoms with Gasteiger partial charge in [-0.15, -0.1) is 0 Å². The SMILES string of the molecule is CNC(C)c1ccc2c(c1)CCN2CCc1ccncc1. The van der Waals surface area contributed by atoms with Crippen LogP contribution < -0.4 is 10.2 Å². The molecule has 0 aliphatic carbocycles. The van der Waals surface area contributed by atoms with Crippen molar-refractivity contribution in [1.82, 2.24) is 10.3 Å². The lowest BCUT2D eigenvalue weighted by atomic mass is 10.0.